The molecule has 36 heavy (non-hydrogen) atoms. The number of nitrogens with zero attached hydrogens (tertiary/aromatic N) is 4. The van der Waals surface area contributed by atoms with E-state index in [-0.39, 0.29) is 23.9 Å². The molecule has 3 heterocycles. The number of anilines is 4. The Labute approximate surface area is 208 Å². The quantitative estimate of drug-likeness (QED) is 0.313. The van der Waals surface area contributed by atoms with Crippen LogP contribution < -0.4 is 21.3 Å². The molecular weight excluding hydrogens is 456 g/mol. The second-order valence-electron chi connectivity index (χ2n) is 8.90. The highest BCUT2D eigenvalue weighted by Gasteiger charge is 2.23. The largest absolute Gasteiger partial charge is 0.366 e. The molecule has 1 aromatic carbocycles. The van der Waals surface area contributed by atoms with Crippen LogP contribution in [0.3, 0.4) is 0 Å². The van der Waals surface area contributed by atoms with E-state index in [0.717, 1.165) is 37.1 Å². The van der Waals surface area contributed by atoms with Crippen molar-refractivity contribution < 1.29 is 9.59 Å². The van der Waals surface area contributed by atoms with Gasteiger partial charge >= 0.3 is 0 Å². The number of nitrogens with one attached hydrogen (secondary N) is 4. The van der Waals surface area contributed by atoms with E-state index >= 15 is 0 Å². The maximum Gasteiger partial charge on any atom is 0.276 e. The van der Waals surface area contributed by atoms with E-state index in [2.05, 4.69) is 31.2 Å². The Balaban J connectivity index is 1.43. The number of pyridine rings is 1. The molecule has 2 amide bonds. The number of hydrogen-bond donors (Lipinski definition) is 4. The number of carbonyl (C=O) groups excluding carboxylic acids is 2. The number of fused-ring (bicyclic) bond motifs is 1. The summed E-state index contributed by atoms with van der Waals surface area (Å²) in [6.45, 7) is 1.55. The summed E-state index contributed by atoms with van der Waals surface area (Å²) in [6.07, 6.45) is 8.38. The number of imidazole rings is 1. The number of para-hydroxylation sites is 1. The van der Waals surface area contributed by atoms with Gasteiger partial charge in [-0.05, 0) is 49.9 Å². The number of hydrogen-bond acceptors (Lipinski definition) is 7. The van der Waals surface area contributed by atoms with Crippen molar-refractivity contribution in [2.75, 3.05) is 16.0 Å². The Morgan fingerprint density at radius 1 is 0.944 bits per heavy atom. The normalized spacial score (nSPS) is 17.4. The fourth-order valence-electron chi connectivity index (χ4n) is 4.47. The maximum atomic E-state index is 13.1. The van der Waals surface area contributed by atoms with Crippen LogP contribution in [0.1, 0.15) is 43.1 Å². The minimum Gasteiger partial charge on any atom is -0.366 e. The van der Waals surface area contributed by atoms with Crippen LogP contribution >= 0.6 is 0 Å². The summed E-state index contributed by atoms with van der Waals surface area (Å²) in [5.41, 5.74) is 3.12. The Morgan fingerprint density at radius 3 is 2.39 bits per heavy atom. The van der Waals surface area contributed by atoms with E-state index in [0.29, 0.717) is 22.8 Å². The fraction of sp³-hybridized carbons (Fsp3) is 0.269. The topological polar surface area (TPSA) is 125 Å². The second-order valence-corrected chi connectivity index (χ2v) is 8.90. The van der Waals surface area contributed by atoms with Crippen LogP contribution in [0.15, 0.2) is 67.1 Å². The molecule has 0 unspecified atom stereocenters. The zero-order chi connectivity index (χ0) is 24.9. The van der Waals surface area contributed by atoms with Crippen molar-refractivity contribution in [3.63, 3.8) is 0 Å². The molecule has 3 aromatic heterocycles. The van der Waals surface area contributed by atoms with Crippen molar-refractivity contribution >= 4 is 40.3 Å². The molecule has 0 aliphatic heterocycles. The van der Waals surface area contributed by atoms with Crippen molar-refractivity contribution in [2.45, 2.75) is 44.7 Å². The van der Waals surface area contributed by atoms with E-state index in [4.69, 9.17) is 5.10 Å². The molecule has 0 radical (unpaired) electrons. The molecule has 1 fully saturated rings. The second kappa shape index (κ2) is 10.4. The predicted octanol–water partition coefficient (Wildman–Crippen LogP) is 3.98. The van der Waals surface area contributed by atoms with Gasteiger partial charge in [0.1, 0.15) is 5.82 Å². The van der Waals surface area contributed by atoms with E-state index in [1.54, 1.807) is 36.0 Å². The van der Waals surface area contributed by atoms with Crippen molar-refractivity contribution in [3.05, 3.63) is 72.8 Å². The molecular formula is C26H28N8O2. The third-order valence-electron chi connectivity index (χ3n) is 6.18. The van der Waals surface area contributed by atoms with Crippen LogP contribution in [0.2, 0.25) is 0 Å². The van der Waals surface area contributed by atoms with E-state index in [1.807, 2.05) is 36.4 Å². The van der Waals surface area contributed by atoms with Crippen LogP contribution in [0.25, 0.3) is 5.65 Å². The summed E-state index contributed by atoms with van der Waals surface area (Å²) in [5, 5.41) is 17.5. The molecule has 10 heteroatoms. The minimum atomic E-state index is -0.320. The molecule has 4 N–H and O–H groups in total. The lowest BCUT2D eigenvalue weighted by molar-refractivity contribution is -0.119. The molecule has 0 atom stereocenters. The van der Waals surface area contributed by atoms with Gasteiger partial charge in [0.15, 0.2) is 11.3 Å². The molecule has 1 saturated carbocycles. The van der Waals surface area contributed by atoms with Gasteiger partial charge in [-0.15, -0.1) is 5.10 Å². The summed E-state index contributed by atoms with van der Waals surface area (Å²) in [7, 11) is 0. The molecule has 5 rings (SSSR count). The maximum absolute atomic E-state index is 13.1. The monoisotopic (exact) mass is 484 g/mol. The molecule has 0 saturated heterocycles. The minimum absolute atomic E-state index is 0.00725. The number of amides is 2. The van der Waals surface area contributed by atoms with Gasteiger partial charge in [0.2, 0.25) is 5.91 Å². The average Bonchev–Trinajstić information content (AvgIpc) is 3.31. The molecule has 0 bridgehead atoms. The van der Waals surface area contributed by atoms with Crippen molar-refractivity contribution in [1.82, 2.24) is 24.9 Å². The third kappa shape index (κ3) is 5.43. The van der Waals surface area contributed by atoms with Gasteiger partial charge < -0.3 is 21.3 Å². The molecule has 184 valence electrons. The van der Waals surface area contributed by atoms with Gasteiger partial charge in [-0.3, -0.25) is 14.6 Å². The Kier molecular flexibility index (Phi) is 6.74. The van der Waals surface area contributed by atoms with Crippen LogP contribution in [-0.2, 0) is 4.79 Å². The summed E-state index contributed by atoms with van der Waals surface area (Å²) < 4.78 is 1.56. The Morgan fingerprint density at radius 2 is 1.67 bits per heavy atom. The number of rotatable bonds is 7. The number of benzene rings is 1. The first-order valence-electron chi connectivity index (χ1n) is 12.0. The Hall–Kier alpha value is -4.47. The van der Waals surface area contributed by atoms with Gasteiger partial charge in [0.25, 0.3) is 5.91 Å². The molecule has 1 aliphatic carbocycles. The molecule has 4 aromatic rings. The molecule has 0 spiro atoms. The first-order valence-corrected chi connectivity index (χ1v) is 12.0. The van der Waals surface area contributed by atoms with Crippen LogP contribution in [-0.4, -0.2) is 43.5 Å². The predicted molar refractivity (Wildman–Crippen MR) is 138 cm³/mol. The lowest BCUT2D eigenvalue weighted by Gasteiger charge is -2.29. The van der Waals surface area contributed by atoms with Gasteiger partial charge in [0.05, 0.1) is 11.9 Å². The first kappa shape index (κ1) is 23.3. The van der Waals surface area contributed by atoms with Gasteiger partial charge in [0, 0.05) is 48.8 Å². The Bertz CT molecular complexity index is 1350. The summed E-state index contributed by atoms with van der Waals surface area (Å²) in [4.78, 5) is 32.9. The van der Waals surface area contributed by atoms with Crippen LogP contribution in [0.4, 0.5) is 22.9 Å². The lowest BCUT2D eigenvalue weighted by Crippen LogP contribution is -2.39. The van der Waals surface area contributed by atoms with E-state index in [9.17, 15) is 9.59 Å². The average molecular weight is 485 g/mol. The first-order chi connectivity index (χ1) is 17.5. The molecule has 1 aliphatic rings. The highest BCUT2D eigenvalue weighted by atomic mass is 16.2. The van der Waals surface area contributed by atoms with Crippen LogP contribution in [0, 0.1) is 0 Å². The van der Waals surface area contributed by atoms with Crippen LogP contribution in [0.5, 0.6) is 0 Å². The van der Waals surface area contributed by atoms with Gasteiger partial charge in [-0.1, -0.05) is 18.2 Å². The zero-order valence-electron chi connectivity index (χ0n) is 19.9. The third-order valence-corrected chi connectivity index (χ3v) is 6.18. The smallest absolute Gasteiger partial charge is 0.276 e. The van der Waals surface area contributed by atoms with Crippen molar-refractivity contribution in [2.24, 2.45) is 0 Å². The van der Waals surface area contributed by atoms with Gasteiger partial charge in [-0.2, -0.15) is 0 Å². The summed E-state index contributed by atoms with van der Waals surface area (Å²) in [5.74, 6) is 0.326. The van der Waals surface area contributed by atoms with E-state index < -0.39 is 0 Å². The SMILES string of the molecule is CC(=O)N[C@H]1CC[C@H](Nc2cc(Nc3ccccc3)c3ncc(C(=O)Nc4ccncc4)n3n2)CC1. The summed E-state index contributed by atoms with van der Waals surface area (Å²) >= 11 is 0. The standard InChI is InChI=1S/C26H28N8O2/c1-17(35)29-19-7-9-20(10-8-19)31-24-15-22(30-18-5-3-2-4-6-18)25-28-16-23(34(25)33-24)26(36)32-21-11-13-27-14-12-21/h2-6,11-16,19-20,30H,7-10H2,1H3,(H,29,35)(H,31,33)(H,27,32,36)/t19-,20-. The highest BCUT2D eigenvalue weighted by Crippen LogP contribution is 2.27. The lowest BCUT2D eigenvalue weighted by atomic mass is 9.91. The van der Waals surface area contributed by atoms with E-state index in [1.165, 1.54) is 6.20 Å². The fourth-order valence-corrected chi connectivity index (χ4v) is 4.47. The van der Waals surface area contributed by atoms with Crippen molar-refractivity contribution in [3.8, 4) is 0 Å². The van der Waals surface area contributed by atoms with Gasteiger partial charge in [-0.25, -0.2) is 9.50 Å². The number of carbonyl (C=O) groups is 2. The van der Waals surface area contributed by atoms with Crippen molar-refractivity contribution in [1.29, 1.82) is 0 Å². The summed E-state index contributed by atoms with van der Waals surface area (Å²) in [6, 6.07) is 15.6. The molecule has 10 nitrogen and oxygen atoms in total. The highest BCUT2D eigenvalue weighted by molar-refractivity contribution is 6.03. The number of aromatic nitrogens is 4. The zero-order valence-corrected chi connectivity index (χ0v) is 19.9.